The second-order valence-corrected chi connectivity index (χ2v) is 11.4. The van der Waals surface area contributed by atoms with E-state index < -0.39 is 15.4 Å². The molecule has 1 aliphatic heterocycles. The summed E-state index contributed by atoms with van der Waals surface area (Å²) >= 11 is 0. The van der Waals surface area contributed by atoms with E-state index in [0.29, 0.717) is 17.7 Å². The molecule has 1 heterocycles. The quantitative estimate of drug-likeness (QED) is 0.473. The fourth-order valence-corrected chi connectivity index (χ4v) is 4.67. The number of rotatable bonds is 12. The molecule has 0 aromatic heterocycles. The number of carbonyl (C=O) groups excluding carboxylic acids is 1. The minimum Gasteiger partial charge on any atom is -0.462 e. The van der Waals surface area contributed by atoms with Crippen molar-refractivity contribution in [2.75, 3.05) is 39.0 Å². The number of piperazine rings is 1. The Hall–Kier alpha value is -1.48. The molecular formula is C24H41N3O4S. The van der Waals surface area contributed by atoms with Gasteiger partial charge in [-0.3, -0.25) is 9.69 Å². The van der Waals surface area contributed by atoms with Crippen molar-refractivity contribution in [3.05, 3.63) is 29.8 Å². The molecule has 7 nitrogen and oxygen atoms in total. The Morgan fingerprint density at radius 2 is 1.62 bits per heavy atom. The van der Waals surface area contributed by atoms with Gasteiger partial charge in [-0.15, -0.1) is 0 Å². The molecule has 1 unspecified atom stereocenters. The van der Waals surface area contributed by atoms with Gasteiger partial charge in [0.25, 0.3) is 0 Å². The summed E-state index contributed by atoms with van der Waals surface area (Å²) in [6, 6.07) is 7.16. The highest BCUT2D eigenvalue weighted by Gasteiger charge is 2.35. The lowest BCUT2D eigenvalue weighted by molar-refractivity contribution is -0.154. The average Bonchev–Trinajstić information content (AvgIpc) is 2.73. The molecule has 32 heavy (non-hydrogen) atoms. The van der Waals surface area contributed by atoms with Crippen molar-refractivity contribution >= 4 is 15.8 Å². The van der Waals surface area contributed by atoms with Crippen LogP contribution in [0.15, 0.2) is 29.2 Å². The number of hydrogen-bond acceptors (Lipinski definition) is 7. The fourth-order valence-electron chi connectivity index (χ4n) is 4.04. The Kier molecular flexibility index (Phi) is 10.1. The minimum atomic E-state index is -3.15. The first kappa shape index (κ1) is 26.8. The number of nitrogens with zero attached hydrogens (tertiary/aromatic N) is 2. The summed E-state index contributed by atoms with van der Waals surface area (Å²) in [4.78, 5) is 17.7. The largest absolute Gasteiger partial charge is 0.462 e. The molecule has 1 saturated heterocycles. The highest BCUT2D eigenvalue weighted by molar-refractivity contribution is 7.90. The van der Waals surface area contributed by atoms with E-state index in [1.54, 1.807) is 12.1 Å². The van der Waals surface area contributed by atoms with Crippen LogP contribution in [0.5, 0.6) is 0 Å². The van der Waals surface area contributed by atoms with Crippen LogP contribution in [0.3, 0.4) is 0 Å². The van der Waals surface area contributed by atoms with E-state index in [4.69, 9.17) is 10.5 Å². The van der Waals surface area contributed by atoms with Crippen LogP contribution in [0, 0.1) is 0 Å². The van der Waals surface area contributed by atoms with Crippen LogP contribution in [0.1, 0.15) is 58.4 Å². The van der Waals surface area contributed by atoms with Crippen LogP contribution in [0.4, 0.5) is 0 Å². The highest BCUT2D eigenvalue weighted by atomic mass is 32.2. The molecule has 0 saturated carbocycles. The Bertz CT molecular complexity index is 818. The average molecular weight is 468 g/mol. The Morgan fingerprint density at radius 3 is 2.16 bits per heavy atom. The molecule has 1 fully saturated rings. The van der Waals surface area contributed by atoms with Crippen molar-refractivity contribution in [1.29, 1.82) is 0 Å². The number of ether oxygens (including phenoxy) is 1. The van der Waals surface area contributed by atoms with Crippen LogP contribution >= 0.6 is 0 Å². The van der Waals surface area contributed by atoms with E-state index in [1.165, 1.54) is 6.26 Å². The van der Waals surface area contributed by atoms with Gasteiger partial charge in [0, 0.05) is 39.0 Å². The number of esters is 1. The van der Waals surface area contributed by atoms with Crippen molar-refractivity contribution in [2.24, 2.45) is 5.73 Å². The smallest absolute Gasteiger partial charge is 0.326 e. The molecule has 1 aromatic carbocycles. The van der Waals surface area contributed by atoms with Crippen LogP contribution in [-0.4, -0.2) is 74.8 Å². The Labute approximate surface area is 194 Å². The van der Waals surface area contributed by atoms with Gasteiger partial charge in [0.15, 0.2) is 9.84 Å². The minimum absolute atomic E-state index is 0.150. The summed E-state index contributed by atoms with van der Waals surface area (Å²) in [5, 5.41) is 0. The van der Waals surface area contributed by atoms with Gasteiger partial charge in [-0.2, -0.15) is 0 Å². The third-order valence-corrected chi connectivity index (χ3v) is 7.17. The van der Waals surface area contributed by atoms with Gasteiger partial charge in [-0.1, -0.05) is 31.9 Å². The predicted molar refractivity (Wildman–Crippen MR) is 128 cm³/mol. The molecule has 2 rings (SSSR count). The van der Waals surface area contributed by atoms with Crippen LogP contribution in [0.25, 0.3) is 0 Å². The third-order valence-electron chi connectivity index (χ3n) is 6.05. The van der Waals surface area contributed by atoms with Gasteiger partial charge in [-0.25, -0.2) is 8.42 Å². The third kappa shape index (κ3) is 8.46. The zero-order valence-electron chi connectivity index (χ0n) is 20.2. The van der Waals surface area contributed by atoms with Crippen molar-refractivity contribution in [2.45, 2.75) is 76.0 Å². The number of carbonyl (C=O) groups is 1. The second kappa shape index (κ2) is 12.1. The molecule has 1 aromatic rings. The standard InChI is InChI=1S/C24H41N3O4S/c1-5-6-12-24(25,23(28)31-20(2)3)13-7-14-26-15-17-27(18-16-26)19-21-8-10-22(11-9-21)32(4,29)30/h8-11,20H,5-7,12-19,25H2,1-4H3. The summed E-state index contributed by atoms with van der Waals surface area (Å²) in [7, 11) is -3.15. The molecule has 1 aliphatic rings. The van der Waals surface area contributed by atoms with Gasteiger partial charge >= 0.3 is 5.97 Å². The molecule has 0 radical (unpaired) electrons. The molecule has 2 N–H and O–H groups in total. The Morgan fingerprint density at radius 1 is 1.06 bits per heavy atom. The number of nitrogens with two attached hydrogens (primary N) is 1. The first-order valence-corrected chi connectivity index (χ1v) is 13.7. The maximum Gasteiger partial charge on any atom is 0.326 e. The first-order chi connectivity index (χ1) is 15.0. The van der Waals surface area contributed by atoms with Gasteiger partial charge < -0.3 is 15.4 Å². The van der Waals surface area contributed by atoms with Crippen molar-refractivity contribution in [1.82, 2.24) is 9.80 Å². The monoisotopic (exact) mass is 467 g/mol. The number of benzene rings is 1. The number of hydrogen-bond donors (Lipinski definition) is 1. The Balaban J connectivity index is 1.78. The predicted octanol–water partition coefficient (Wildman–Crippen LogP) is 2.83. The van der Waals surface area contributed by atoms with Gasteiger partial charge in [-0.05, 0) is 57.4 Å². The van der Waals surface area contributed by atoms with E-state index in [1.807, 2.05) is 26.0 Å². The van der Waals surface area contributed by atoms with Gasteiger partial charge in [0.1, 0.15) is 5.54 Å². The topological polar surface area (TPSA) is 92.9 Å². The van der Waals surface area contributed by atoms with Crippen LogP contribution in [0.2, 0.25) is 0 Å². The van der Waals surface area contributed by atoms with E-state index >= 15 is 0 Å². The van der Waals surface area contributed by atoms with E-state index in [-0.39, 0.29) is 12.1 Å². The molecule has 182 valence electrons. The normalized spacial score (nSPS) is 17.9. The van der Waals surface area contributed by atoms with Crippen LogP contribution in [-0.2, 0) is 25.9 Å². The van der Waals surface area contributed by atoms with Gasteiger partial charge in [0.05, 0.1) is 11.0 Å². The molecule has 0 aliphatic carbocycles. The molecule has 8 heteroatoms. The number of unbranched alkanes of at least 4 members (excludes halogenated alkanes) is 1. The fraction of sp³-hybridized carbons (Fsp3) is 0.708. The molecule has 0 bridgehead atoms. The molecule has 0 spiro atoms. The lowest BCUT2D eigenvalue weighted by Crippen LogP contribution is -2.51. The van der Waals surface area contributed by atoms with E-state index in [2.05, 4.69) is 16.7 Å². The summed E-state index contributed by atoms with van der Waals surface area (Å²) < 4.78 is 28.6. The van der Waals surface area contributed by atoms with E-state index in [0.717, 1.165) is 64.1 Å². The van der Waals surface area contributed by atoms with Crippen molar-refractivity contribution in [3.8, 4) is 0 Å². The highest BCUT2D eigenvalue weighted by Crippen LogP contribution is 2.21. The summed E-state index contributed by atoms with van der Waals surface area (Å²) in [5.74, 6) is -0.271. The maximum absolute atomic E-state index is 12.6. The molecule has 1 atom stereocenters. The van der Waals surface area contributed by atoms with Crippen LogP contribution < -0.4 is 5.73 Å². The zero-order chi connectivity index (χ0) is 23.8. The lowest BCUT2D eigenvalue weighted by atomic mass is 9.88. The van der Waals surface area contributed by atoms with E-state index in [9.17, 15) is 13.2 Å². The van der Waals surface area contributed by atoms with Crippen molar-refractivity contribution in [3.63, 3.8) is 0 Å². The zero-order valence-corrected chi connectivity index (χ0v) is 21.0. The maximum atomic E-state index is 12.6. The summed E-state index contributed by atoms with van der Waals surface area (Å²) in [5.41, 5.74) is 6.73. The number of sulfone groups is 1. The molecular weight excluding hydrogens is 426 g/mol. The lowest BCUT2D eigenvalue weighted by Gasteiger charge is -2.35. The molecule has 0 amide bonds. The van der Waals surface area contributed by atoms with Gasteiger partial charge in [0.2, 0.25) is 0 Å². The SMILES string of the molecule is CCCCC(N)(CCCN1CCN(Cc2ccc(S(C)(=O)=O)cc2)CC1)C(=O)OC(C)C. The summed E-state index contributed by atoms with van der Waals surface area (Å²) in [6.45, 7) is 11.5. The summed E-state index contributed by atoms with van der Waals surface area (Å²) in [6.07, 6.45) is 5.20. The second-order valence-electron chi connectivity index (χ2n) is 9.35. The first-order valence-electron chi connectivity index (χ1n) is 11.8. The van der Waals surface area contributed by atoms with Crippen molar-refractivity contribution < 1.29 is 17.9 Å².